The van der Waals surface area contributed by atoms with E-state index in [0.29, 0.717) is 54.6 Å². The minimum absolute atomic E-state index is 0.0517. The summed E-state index contributed by atoms with van der Waals surface area (Å²) in [6.45, 7) is 3.19. The van der Waals surface area contributed by atoms with Gasteiger partial charge in [-0.05, 0) is 111 Å². The molecule has 0 unspecified atom stereocenters. The van der Waals surface area contributed by atoms with Crippen molar-refractivity contribution in [1.82, 2.24) is 24.8 Å². The lowest BCUT2D eigenvalue weighted by molar-refractivity contribution is -0.137. The lowest BCUT2D eigenvalue weighted by atomic mass is 9.50. The molecule has 5 aliphatic rings. The number of anilines is 1. The fraction of sp³-hybridized carbons (Fsp3) is 0.514. The Morgan fingerprint density at radius 2 is 1.60 bits per heavy atom. The van der Waals surface area contributed by atoms with Crippen LogP contribution < -0.4 is 14.4 Å². The summed E-state index contributed by atoms with van der Waals surface area (Å²) in [5, 5.41) is 8.13. The molecular weight excluding hydrogens is 673 g/mol. The number of piperazine rings is 1. The van der Waals surface area contributed by atoms with Crippen molar-refractivity contribution in [3.8, 4) is 16.9 Å². The lowest BCUT2D eigenvalue weighted by Gasteiger charge is -2.56. The molecule has 3 heterocycles. The van der Waals surface area contributed by atoms with Crippen LogP contribution in [0.4, 0.5) is 19.0 Å². The number of pyridine rings is 1. The van der Waals surface area contributed by atoms with E-state index in [2.05, 4.69) is 19.9 Å². The molecule has 4 saturated carbocycles. The molecule has 2 aromatic heterocycles. The van der Waals surface area contributed by atoms with Gasteiger partial charge in [0.05, 0.1) is 24.1 Å². The van der Waals surface area contributed by atoms with Crippen LogP contribution in [0.25, 0.3) is 11.1 Å². The first kappa shape index (κ1) is 34.2. The van der Waals surface area contributed by atoms with Gasteiger partial charge >= 0.3 is 6.18 Å². The summed E-state index contributed by atoms with van der Waals surface area (Å²) in [4.78, 5) is 33.8. The van der Waals surface area contributed by atoms with Crippen LogP contribution in [0.1, 0.15) is 71.9 Å². The highest BCUT2D eigenvalue weighted by Gasteiger charge is 2.52. The Hall–Kier alpha value is -4.27. The van der Waals surface area contributed by atoms with E-state index >= 15 is 0 Å². The third-order valence-electron chi connectivity index (χ3n) is 10.5. The Labute approximate surface area is 288 Å². The zero-order chi connectivity index (χ0) is 35.3. The molecule has 8 rings (SSSR count). The molecule has 1 aliphatic heterocycles. The van der Waals surface area contributed by atoms with Crippen LogP contribution >= 0.6 is 0 Å². The van der Waals surface area contributed by atoms with Crippen molar-refractivity contribution in [1.29, 1.82) is 0 Å². The molecule has 0 radical (unpaired) electrons. The molecule has 0 atom stereocenters. The molecule has 4 bridgehead atoms. The summed E-state index contributed by atoms with van der Waals surface area (Å²) in [5.74, 6) is 1.17. The largest absolute Gasteiger partial charge is 0.492 e. The van der Waals surface area contributed by atoms with E-state index < -0.39 is 33.6 Å². The molecule has 266 valence electrons. The standard InChI is InChI=1S/C35H39F3N6O5S/c1-2-49-29-15-27(19-39-20-29)25-12-26(14-28(13-25)35(36,37)38)33(46)44-7-5-43(6-8-44)31-4-3-30(40-41-31)32(45)42-50(47,48)21-34-16-22-9-23(17-34)11-24(10-22)18-34/h3-4,12-15,19-20,22-24H,2,5-11,16-18,21H2,1H3,(H,42,45). The number of sulfonamides is 1. The van der Waals surface area contributed by atoms with Crippen molar-refractivity contribution in [2.75, 3.05) is 43.4 Å². The van der Waals surface area contributed by atoms with E-state index in [1.54, 1.807) is 19.1 Å². The number of halogens is 3. The lowest BCUT2D eigenvalue weighted by Crippen LogP contribution is -2.51. The molecule has 0 spiro atoms. The molecule has 3 aromatic rings. The Morgan fingerprint density at radius 1 is 0.920 bits per heavy atom. The van der Waals surface area contributed by atoms with Gasteiger partial charge in [0.25, 0.3) is 11.8 Å². The quantitative estimate of drug-likeness (QED) is 0.318. The number of aromatic nitrogens is 3. The van der Waals surface area contributed by atoms with Gasteiger partial charge in [-0.25, -0.2) is 13.1 Å². The second kappa shape index (κ2) is 13.1. The second-order valence-electron chi connectivity index (χ2n) is 14.3. The third kappa shape index (κ3) is 7.28. The summed E-state index contributed by atoms with van der Waals surface area (Å²) in [7, 11) is -3.88. The number of nitrogens with zero attached hydrogens (tertiary/aromatic N) is 5. The number of nitrogens with one attached hydrogen (secondary N) is 1. The number of rotatable bonds is 9. The zero-order valence-corrected chi connectivity index (χ0v) is 28.5. The average Bonchev–Trinajstić information content (AvgIpc) is 3.06. The number of hydrogen-bond acceptors (Lipinski definition) is 9. The Kier molecular flexibility index (Phi) is 8.97. The highest BCUT2D eigenvalue weighted by molar-refractivity contribution is 7.90. The third-order valence-corrected chi connectivity index (χ3v) is 12.0. The van der Waals surface area contributed by atoms with Gasteiger partial charge < -0.3 is 14.5 Å². The van der Waals surface area contributed by atoms with E-state index in [9.17, 15) is 31.2 Å². The van der Waals surface area contributed by atoms with Gasteiger partial charge in [0.15, 0.2) is 11.5 Å². The maximum Gasteiger partial charge on any atom is 0.416 e. The molecule has 15 heteroatoms. The number of alkyl halides is 3. The minimum atomic E-state index is -4.67. The maximum absolute atomic E-state index is 13.9. The molecule has 1 N–H and O–H groups in total. The van der Waals surface area contributed by atoms with Gasteiger partial charge in [0.2, 0.25) is 10.0 Å². The monoisotopic (exact) mass is 712 g/mol. The molecule has 2 amide bonds. The van der Waals surface area contributed by atoms with E-state index in [1.807, 2.05) is 4.90 Å². The van der Waals surface area contributed by atoms with Crippen molar-refractivity contribution in [3.05, 3.63) is 65.6 Å². The van der Waals surface area contributed by atoms with Crippen LogP contribution in [-0.4, -0.2) is 78.9 Å². The highest BCUT2D eigenvalue weighted by Crippen LogP contribution is 2.60. The van der Waals surface area contributed by atoms with Crippen LogP contribution in [0.2, 0.25) is 0 Å². The molecular formula is C35H39F3N6O5S. The summed E-state index contributed by atoms with van der Waals surface area (Å²) in [5.41, 5.74) is -0.847. The predicted molar refractivity (Wildman–Crippen MR) is 178 cm³/mol. The number of carbonyl (C=O) groups is 2. The fourth-order valence-electron chi connectivity index (χ4n) is 8.94. The van der Waals surface area contributed by atoms with Gasteiger partial charge in [0.1, 0.15) is 5.75 Å². The Morgan fingerprint density at radius 3 is 2.20 bits per heavy atom. The van der Waals surface area contributed by atoms with E-state index in [4.69, 9.17) is 4.74 Å². The van der Waals surface area contributed by atoms with Gasteiger partial charge in [-0.15, -0.1) is 10.2 Å². The Balaban J connectivity index is 0.977. The normalized spacial score (nSPS) is 24.7. The van der Waals surface area contributed by atoms with E-state index in [0.717, 1.165) is 31.4 Å². The van der Waals surface area contributed by atoms with Crippen LogP contribution in [0.3, 0.4) is 0 Å². The van der Waals surface area contributed by atoms with Crippen molar-refractivity contribution < 1.29 is 35.9 Å². The number of benzene rings is 1. The van der Waals surface area contributed by atoms with Crippen LogP contribution in [0, 0.1) is 23.2 Å². The highest BCUT2D eigenvalue weighted by atomic mass is 32.2. The summed E-state index contributed by atoms with van der Waals surface area (Å²) >= 11 is 0. The molecule has 5 fully saturated rings. The first-order valence-corrected chi connectivity index (χ1v) is 18.7. The van der Waals surface area contributed by atoms with Crippen molar-refractivity contribution >= 4 is 27.7 Å². The SMILES string of the molecule is CCOc1cncc(-c2cc(C(=O)N3CCN(c4ccc(C(=O)NS(=O)(=O)CC56CC7CC(CC(C7)C5)C6)nn4)CC3)cc(C(F)(F)F)c2)c1. The smallest absolute Gasteiger partial charge is 0.416 e. The summed E-state index contributed by atoms with van der Waals surface area (Å²) in [6.07, 6.45) is 4.51. The van der Waals surface area contributed by atoms with Gasteiger partial charge in [0, 0.05) is 43.5 Å². The van der Waals surface area contributed by atoms with Crippen LogP contribution in [-0.2, 0) is 16.2 Å². The van der Waals surface area contributed by atoms with E-state index in [1.165, 1.54) is 48.7 Å². The number of amides is 2. The maximum atomic E-state index is 13.9. The first-order valence-electron chi connectivity index (χ1n) is 17.0. The minimum Gasteiger partial charge on any atom is -0.492 e. The predicted octanol–water partition coefficient (Wildman–Crippen LogP) is 5.19. The van der Waals surface area contributed by atoms with Gasteiger partial charge in [-0.2, -0.15) is 13.2 Å². The molecule has 1 saturated heterocycles. The topological polar surface area (TPSA) is 135 Å². The first-order chi connectivity index (χ1) is 23.8. The molecule has 50 heavy (non-hydrogen) atoms. The second-order valence-corrected chi connectivity index (χ2v) is 16.0. The number of ether oxygens (including phenoxy) is 1. The summed E-state index contributed by atoms with van der Waals surface area (Å²) in [6, 6.07) is 7.83. The van der Waals surface area contributed by atoms with Gasteiger partial charge in [-0.3, -0.25) is 14.6 Å². The molecule has 11 nitrogen and oxygen atoms in total. The average molecular weight is 713 g/mol. The van der Waals surface area contributed by atoms with E-state index in [-0.39, 0.29) is 41.1 Å². The van der Waals surface area contributed by atoms with Crippen molar-refractivity contribution in [3.63, 3.8) is 0 Å². The van der Waals surface area contributed by atoms with Crippen molar-refractivity contribution in [2.45, 2.75) is 51.6 Å². The zero-order valence-electron chi connectivity index (χ0n) is 27.7. The molecule has 4 aliphatic carbocycles. The van der Waals surface area contributed by atoms with Gasteiger partial charge in [-0.1, -0.05) is 0 Å². The fourth-order valence-corrected chi connectivity index (χ4v) is 10.6. The number of hydrogen-bond donors (Lipinski definition) is 1. The van der Waals surface area contributed by atoms with Crippen molar-refractivity contribution in [2.24, 2.45) is 23.2 Å². The summed E-state index contributed by atoms with van der Waals surface area (Å²) < 4.78 is 75.5. The van der Waals surface area contributed by atoms with Crippen LogP contribution in [0.5, 0.6) is 5.75 Å². The number of carbonyl (C=O) groups excluding carboxylic acids is 2. The Bertz CT molecular complexity index is 1840. The molecule has 1 aromatic carbocycles. The van der Waals surface area contributed by atoms with Crippen LogP contribution in [0.15, 0.2) is 48.8 Å².